The number of nitrogens with one attached hydrogen (secondary N) is 1. The minimum atomic E-state index is -0.243. The number of carbonyl (C=O) groups is 1. The van der Waals surface area contributed by atoms with E-state index in [1.165, 1.54) is 25.7 Å². The molecule has 0 radical (unpaired) electrons. The van der Waals surface area contributed by atoms with E-state index in [-0.39, 0.29) is 5.97 Å². The molecule has 1 saturated carbocycles. The zero-order valence-electron chi connectivity index (χ0n) is 11.2. The summed E-state index contributed by atoms with van der Waals surface area (Å²) in [5.41, 5.74) is 2.87. The van der Waals surface area contributed by atoms with Crippen molar-refractivity contribution in [2.75, 3.05) is 11.9 Å². The lowest BCUT2D eigenvalue weighted by atomic mass is 10.1. The van der Waals surface area contributed by atoms with E-state index < -0.39 is 0 Å². The molecule has 3 heteroatoms. The molecule has 0 saturated heterocycles. The van der Waals surface area contributed by atoms with Gasteiger partial charge in [-0.2, -0.15) is 0 Å². The first-order valence-corrected chi connectivity index (χ1v) is 6.75. The smallest absolute Gasteiger partial charge is 0.338 e. The van der Waals surface area contributed by atoms with Crippen molar-refractivity contribution >= 4 is 11.7 Å². The van der Waals surface area contributed by atoms with E-state index in [1.54, 1.807) is 0 Å². The van der Waals surface area contributed by atoms with Crippen LogP contribution in [-0.2, 0) is 4.74 Å². The Hall–Kier alpha value is -1.51. The average Bonchev–Trinajstić information content (AvgIpc) is 2.85. The van der Waals surface area contributed by atoms with Gasteiger partial charge in [0, 0.05) is 11.7 Å². The van der Waals surface area contributed by atoms with Gasteiger partial charge in [0.15, 0.2) is 0 Å². The summed E-state index contributed by atoms with van der Waals surface area (Å²) in [5.74, 6) is -0.243. The van der Waals surface area contributed by atoms with Gasteiger partial charge >= 0.3 is 5.97 Å². The topological polar surface area (TPSA) is 38.3 Å². The quantitative estimate of drug-likeness (QED) is 0.827. The Balaban J connectivity index is 2.06. The SMILES string of the molecule is CCOC(=O)c1ccc(NC2CCCC2)c(C)c1. The molecule has 1 aliphatic rings. The van der Waals surface area contributed by atoms with Crippen LogP contribution in [0.1, 0.15) is 48.5 Å². The third kappa shape index (κ3) is 3.03. The highest BCUT2D eigenvalue weighted by atomic mass is 16.5. The molecule has 0 unspecified atom stereocenters. The lowest BCUT2D eigenvalue weighted by molar-refractivity contribution is 0.0526. The van der Waals surface area contributed by atoms with Crippen LogP contribution in [0.15, 0.2) is 18.2 Å². The summed E-state index contributed by atoms with van der Waals surface area (Å²) >= 11 is 0. The summed E-state index contributed by atoms with van der Waals surface area (Å²) in [7, 11) is 0. The van der Waals surface area contributed by atoms with Crippen LogP contribution >= 0.6 is 0 Å². The molecule has 1 fully saturated rings. The highest BCUT2D eigenvalue weighted by molar-refractivity contribution is 5.90. The van der Waals surface area contributed by atoms with Crippen molar-refractivity contribution in [1.29, 1.82) is 0 Å². The molecule has 0 aliphatic heterocycles. The highest BCUT2D eigenvalue weighted by Gasteiger charge is 2.16. The van der Waals surface area contributed by atoms with E-state index in [0.717, 1.165) is 11.3 Å². The van der Waals surface area contributed by atoms with Gasteiger partial charge in [-0.05, 0) is 50.5 Å². The molecule has 0 spiro atoms. The van der Waals surface area contributed by atoms with Crippen molar-refractivity contribution in [3.05, 3.63) is 29.3 Å². The summed E-state index contributed by atoms with van der Waals surface area (Å²) in [6.07, 6.45) is 5.13. The number of hydrogen-bond acceptors (Lipinski definition) is 3. The maximum absolute atomic E-state index is 11.6. The van der Waals surface area contributed by atoms with E-state index in [4.69, 9.17) is 4.74 Å². The van der Waals surface area contributed by atoms with Crippen molar-refractivity contribution < 1.29 is 9.53 Å². The fourth-order valence-electron chi connectivity index (χ4n) is 2.46. The number of esters is 1. The average molecular weight is 247 g/mol. The molecular formula is C15H21NO2. The summed E-state index contributed by atoms with van der Waals surface area (Å²) in [6.45, 7) is 4.26. The van der Waals surface area contributed by atoms with E-state index in [0.29, 0.717) is 18.2 Å². The number of benzene rings is 1. The standard InChI is InChI=1S/C15H21NO2/c1-3-18-15(17)12-8-9-14(11(2)10-12)16-13-6-4-5-7-13/h8-10,13,16H,3-7H2,1-2H3. The molecule has 0 heterocycles. The molecule has 0 aromatic heterocycles. The second-order valence-electron chi connectivity index (χ2n) is 4.88. The first-order chi connectivity index (χ1) is 8.70. The molecule has 1 N–H and O–H groups in total. The van der Waals surface area contributed by atoms with Crippen LogP contribution in [0, 0.1) is 6.92 Å². The molecule has 0 atom stereocenters. The zero-order chi connectivity index (χ0) is 13.0. The predicted molar refractivity (Wildman–Crippen MR) is 73.0 cm³/mol. The number of ether oxygens (including phenoxy) is 1. The van der Waals surface area contributed by atoms with Gasteiger partial charge in [0.05, 0.1) is 12.2 Å². The largest absolute Gasteiger partial charge is 0.462 e. The molecule has 1 aromatic carbocycles. The van der Waals surface area contributed by atoms with Crippen LogP contribution in [0.2, 0.25) is 0 Å². The number of hydrogen-bond donors (Lipinski definition) is 1. The van der Waals surface area contributed by atoms with Gasteiger partial charge in [0.25, 0.3) is 0 Å². The minimum absolute atomic E-state index is 0.243. The molecule has 1 aliphatic carbocycles. The molecule has 0 amide bonds. The first-order valence-electron chi connectivity index (χ1n) is 6.75. The van der Waals surface area contributed by atoms with Crippen LogP contribution in [0.3, 0.4) is 0 Å². The maximum atomic E-state index is 11.6. The Morgan fingerprint density at radius 1 is 1.39 bits per heavy atom. The molecule has 3 nitrogen and oxygen atoms in total. The predicted octanol–water partition coefficient (Wildman–Crippen LogP) is 3.53. The third-order valence-corrected chi connectivity index (χ3v) is 3.45. The van der Waals surface area contributed by atoms with Gasteiger partial charge in [0.1, 0.15) is 0 Å². The molecule has 18 heavy (non-hydrogen) atoms. The van der Waals surface area contributed by atoms with Crippen molar-refractivity contribution in [1.82, 2.24) is 0 Å². The van der Waals surface area contributed by atoms with E-state index in [2.05, 4.69) is 5.32 Å². The molecule has 0 bridgehead atoms. The van der Waals surface area contributed by atoms with Crippen molar-refractivity contribution in [3.63, 3.8) is 0 Å². The first kappa shape index (κ1) is 12.9. The van der Waals surface area contributed by atoms with Crippen LogP contribution in [-0.4, -0.2) is 18.6 Å². The highest BCUT2D eigenvalue weighted by Crippen LogP contribution is 2.24. The number of rotatable bonds is 4. The maximum Gasteiger partial charge on any atom is 0.338 e. The summed E-state index contributed by atoms with van der Waals surface area (Å²) in [4.78, 5) is 11.6. The fraction of sp³-hybridized carbons (Fsp3) is 0.533. The normalized spacial score (nSPS) is 15.7. The monoisotopic (exact) mass is 247 g/mol. The van der Waals surface area contributed by atoms with E-state index in [1.807, 2.05) is 32.0 Å². The summed E-state index contributed by atoms with van der Waals surface area (Å²) in [5, 5.41) is 3.56. The van der Waals surface area contributed by atoms with Crippen LogP contribution in [0.25, 0.3) is 0 Å². The summed E-state index contributed by atoms with van der Waals surface area (Å²) in [6, 6.07) is 6.31. The summed E-state index contributed by atoms with van der Waals surface area (Å²) < 4.78 is 5.00. The van der Waals surface area contributed by atoms with Crippen molar-refractivity contribution in [2.45, 2.75) is 45.6 Å². The van der Waals surface area contributed by atoms with Gasteiger partial charge in [-0.1, -0.05) is 12.8 Å². The molecule has 1 aromatic rings. The Morgan fingerprint density at radius 2 is 2.11 bits per heavy atom. The number of anilines is 1. The van der Waals surface area contributed by atoms with Crippen LogP contribution < -0.4 is 5.32 Å². The third-order valence-electron chi connectivity index (χ3n) is 3.45. The van der Waals surface area contributed by atoms with Crippen molar-refractivity contribution in [2.24, 2.45) is 0 Å². The number of carbonyl (C=O) groups excluding carboxylic acids is 1. The second-order valence-corrected chi connectivity index (χ2v) is 4.88. The Bertz CT molecular complexity index is 423. The van der Waals surface area contributed by atoms with Crippen molar-refractivity contribution in [3.8, 4) is 0 Å². The minimum Gasteiger partial charge on any atom is -0.462 e. The lowest BCUT2D eigenvalue weighted by Crippen LogP contribution is -2.15. The fourth-order valence-corrected chi connectivity index (χ4v) is 2.46. The number of aryl methyl sites for hydroxylation is 1. The Kier molecular flexibility index (Phi) is 4.24. The zero-order valence-corrected chi connectivity index (χ0v) is 11.2. The van der Waals surface area contributed by atoms with Crippen LogP contribution in [0.4, 0.5) is 5.69 Å². The van der Waals surface area contributed by atoms with Gasteiger partial charge in [-0.3, -0.25) is 0 Å². The lowest BCUT2D eigenvalue weighted by Gasteiger charge is -2.16. The Morgan fingerprint density at radius 3 is 2.72 bits per heavy atom. The molecular weight excluding hydrogens is 226 g/mol. The van der Waals surface area contributed by atoms with E-state index >= 15 is 0 Å². The Labute approximate surface area is 109 Å². The molecule has 98 valence electrons. The van der Waals surface area contributed by atoms with Crippen LogP contribution in [0.5, 0.6) is 0 Å². The van der Waals surface area contributed by atoms with Gasteiger partial charge in [0.2, 0.25) is 0 Å². The van der Waals surface area contributed by atoms with Gasteiger partial charge in [-0.25, -0.2) is 4.79 Å². The second kappa shape index (κ2) is 5.89. The van der Waals surface area contributed by atoms with Gasteiger partial charge < -0.3 is 10.1 Å². The molecule has 2 rings (SSSR count). The van der Waals surface area contributed by atoms with E-state index in [9.17, 15) is 4.79 Å². The van der Waals surface area contributed by atoms with Gasteiger partial charge in [-0.15, -0.1) is 0 Å².